The normalized spacial score (nSPS) is 32.6. The van der Waals surface area contributed by atoms with Crippen molar-refractivity contribution in [1.82, 2.24) is 15.4 Å². The molecular weight excluding hydrogens is 342 g/mol. The summed E-state index contributed by atoms with van der Waals surface area (Å²) in [5.41, 5.74) is 3.58. The minimum Gasteiger partial charge on any atom is -0.336 e. The molecule has 1 aliphatic heterocycles. The summed E-state index contributed by atoms with van der Waals surface area (Å²) in [5.74, 6) is 1.90. The molecule has 2 unspecified atom stereocenters. The van der Waals surface area contributed by atoms with Crippen LogP contribution in [0.15, 0.2) is 12.3 Å². The van der Waals surface area contributed by atoms with E-state index in [4.69, 9.17) is 5.21 Å². The number of nitrogens with one attached hydrogen (secondary N) is 1. The van der Waals surface area contributed by atoms with E-state index in [9.17, 15) is 9.59 Å². The second kappa shape index (κ2) is 6.89. The molecule has 1 aromatic rings. The lowest BCUT2D eigenvalue weighted by Gasteiger charge is -2.48. The van der Waals surface area contributed by atoms with E-state index in [0.717, 1.165) is 30.0 Å². The van der Waals surface area contributed by atoms with Gasteiger partial charge in [-0.15, -0.1) is 0 Å². The topological polar surface area (TPSA) is 82.5 Å². The van der Waals surface area contributed by atoms with Crippen LogP contribution in [0.2, 0.25) is 0 Å². The molecule has 2 amide bonds. The summed E-state index contributed by atoms with van der Waals surface area (Å²) in [7, 11) is 0. The summed E-state index contributed by atoms with van der Waals surface area (Å²) in [6, 6.07) is 1.77. The number of carbonyl (C=O) groups excluding carboxylic acids is 2. The molecule has 6 heteroatoms. The van der Waals surface area contributed by atoms with Gasteiger partial charge < -0.3 is 4.90 Å². The maximum absolute atomic E-state index is 13.4. The van der Waals surface area contributed by atoms with Crippen LogP contribution in [0.1, 0.15) is 67.6 Å². The minimum atomic E-state index is -0.556. The van der Waals surface area contributed by atoms with Crippen molar-refractivity contribution in [3.05, 3.63) is 29.1 Å². The molecule has 1 aromatic heterocycles. The Labute approximate surface area is 160 Å². The Balaban J connectivity index is 1.49. The van der Waals surface area contributed by atoms with Crippen LogP contribution in [0.3, 0.4) is 0 Å². The van der Waals surface area contributed by atoms with Crippen molar-refractivity contribution in [3.63, 3.8) is 0 Å². The second-order valence-electron chi connectivity index (χ2n) is 9.26. The molecule has 2 aliphatic carbocycles. The van der Waals surface area contributed by atoms with Gasteiger partial charge in [0.1, 0.15) is 0 Å². The Hall–Kier alpha value is -1.95. The lowest BCUT2D eigenvalue weighted by Crippen LogP contribution is -2.49. The molecule has 3 aliphatic rings. The number of amides is 2. The maximum atomic E-state index is 13.4. The molecule has 146 valence electrons. The van der Waals surface area contributed by atoms with Gasteiger partial charge in [-0.3, -0.25) is 19.8 Å². The van der Waals surface area contributed by atoms with Crippen LogP contribution >= 0.6 is 0 Å². The van der Waals surface area contributed by atoms with Gasteiger partial charge in [0.25, 0.3) is 5.91 Å². The standard InChI is InChI=1S/C21H29N3O3/c1-13-5-14-7-15(6-13)10-21(2,9-14)20(26)24-4-3-16-8-17(19(25)23-27)11-22-18(16)12-24/h8,11,13-15,27H,3-7,9-10,12H2,1-2H3,(H,23,25). The van der Waals surface area contributed by atoms with E-state index in [0.29, 0.717) is 36.9 Å². The molecule has 2 saturated carbocycles. The molecule has 27 heavy (non-hydrogen) atoms. The fourth-order valence-corrected chi connectivity index (χ4v) is 5.92. The zero-order valence-corrected chi connectivity index (χ0v) is 16.2. The third-order valence-electron chi connectivity index (χ3n) is 6.84. The first-order valence-corrected chi connectivity index (χ1v) is 10.1. The van der Waals surface area contributed by atoms with Crippen molar-refractivity contribution >= 4 is 11.8 Å². The number of carbonyl (C=O) groups is 2. The molecule has 4 rings (SSSR count). The van der Waals surface area contributed by atoms with Crippen molar-refractivity contribution in [2.45, 2.75) is 58.9 Å². The van der Waals surface area contributed by atoms with E-state index in [1.54, 1.807) is 11.5 Å². The molecule has 0 aromatic carbocycles. The Kier molecular flexibility index (Phi) is 4.70. The van der Waals surface area contributed by atoms with Gasteiger partial charge in [0, 0.05) is 18.2 Å². The van der Waals surface area contributed by atoms with Crippen molar-refractivity contribution in [2.24, 2.45) is 23.2 Å². The quantitative estimate of drug-likeness (QED) is 0.618. The molecule has 2 heterocycles. The first-order valence-electron chi connectivity index (χ1n) is 10.1. The Morgan fingerprint density at radius 3 is 2.63 bits per heavy atom. The summed E-state index contributed by atoms with van der Waals surface area (Å²) in [5, 5.41) is 8.78. The summed E-state index contributed by atoms with van der Waals surface area (Å²) in [6.45, 7) is 5.69. The molecule has 2 fully saturated rings. The molecule has 0 spiro atoms. The first-order chi connectivity index (χ1) is 12.9. The Morgan fingerprint density at radius 1 is 1.26 bits per heavy atom. The zero-order chi connectivity index (χ0) is 19.2. The average Bonchev–Trinajstić information content (AvgIpc) is 2.64. The SMILES string of the molecule is CC1CC2CC(C1)CC(C)(C(=O)N1CCc3cc(C(=O)NO)cnc3C1)C2. The van der Waals surface area contributed by atoms with Gasteiger partial charge >= 0.3 is 0 Å². The highest BCUT2D eigenvalue weighted by molar-refractivity contribution is 5.93. The zero-order valence-electron chi connectivity index (χ0n) is 16.2. The molecular formula is C21H29N3O3. The van der Waals surface area contributed by atoms with E-state index < -0.39 is 5.91 Å². The van der Waals surface area contributed by atoms with Crippen LogP contribution in [0.25, 0.3) is 0 Å². The van der Waals surface area contributed by atoms with Gasteiger partial charge in [-0.05, 0) is 67.9 Å². The lowest BCUT2D eigenvalue weighted by molar-refractivity contribution is -0.147. The Morgan fingerprint density at radius 2 is 1.96 bits per heavy atom. The highest BCUT2D eigenvalue weighted by atomic mass is 16.5. The van der Waals surface area contributed by atoms with Gasteiger partial charge in [0.05, 0.1) is 17.8 Å². The third-order valence-corrected chi connectivity index (χ3v) is 6.84. The van der Waals surface area contributed by atoms with Gasteiger partial charge in [-0.2, -0.15) is 0 Å². The van der Waals surface area contributed by atoms with Crippen LogP contribution in [-0.2, 0) is 17.8 Å². The average molecular weight is 371 g/mol. The second-order valence-corrected chi connectivity index (χ2v) is 9.26. The number of hydrogen-bond donors (Lipinski definition) is 2. The van der Waals surface area contributed by atoms with Crippen LogP contribution in [0.5, 0.6) is 0 Å². The Bertz CT molecular complexity index is 745. The fraction of sp³-hybridized carbons (Fsp3) is 0.667. The van der Waals surface area contributed by atoms with E-state index in [2.05, 4.69) is 18.8 Å². The fourth-order valence-electron chi connectivity index (χ4n) is 5.92. The number of hydrogen-bond acceptors (Lipinski definition) is 4. The molecule has 2 N–H and O–H groups in total. The first kappa shape index (κ1) is 18.4. The lowest BCUT2D eigenvalue weighted by atomic mass is 9.59. The molecule has 2 bridgehead atoms. The van der Waals surface area contributed by atoms with E-state index >= 15 is 0 Å². The number of fused-ring (bicyclic) bond motifs is 3. The number of pyridine rings is 1. The van der Waals surface area contributed by atoms with E-state index in [-0.39, 0.29) is 11.3 Å². The van der Waals surface area contributed by atoms with Crippen molar-refractivity contribution < 1.29 is 14.8 Å². The molecule has 0 radical (unpaired) electrons. The highest BCUT2D eigenvalue weighted by Gasteiger charge is 2.46. The van der Waals surface area contributed by atoms with Crippen LogP contribution in [0, 0.1) is 23.2 Å². The van der Waals surface area contributed by atoms with Crippen LogP contribution < -0.4 is 5.48 Å². The molecule has 6 nitrogen and oxygen atoms in total. The molecule has 2 atom stereocenters. The van der Waals surface area contributed by atoms with Gasteiger partial charge in [0.2, 0.25) is 5.91 Å². The minimum absolute atomic E-state index is 0.248. The molecule has 0 saturated heterocycles. The summed E-state index contributed by atoms with van der Waals surface area (Å²) < 4.78 is 0. The van der Waals surface area contributed by atoms with Crippen molar-refractivity contribution in [1.29, 1.82) is 0 Å². The highest BCUT2D eigenvalue weighted by Crippen LogP contribution is 2.51. The maximum Gasteiger partial charge on any atom is 0.276 e. The number of rotatable bonds is 2. The van der Waals surface area contributed by atoms with Crippen LogP contribution in [-0.4, -0.2) is 33.5 Å². The summed E-state index contributed by atoms with van der Waals surface area (Å²) >= 11 is 0. The summed E-state index contributed by atoms with van der Waals surface area (Å²) in [6.07, 6.45) is 8.01. The van der Waals surface area contributed by atoms with Gasteiger partial charge in [-0.25, -0.2) is 5.48 Å². The van der Waals surface area contributed by atoms with E-state index in [1.807, 2.05) is 4.90 Å². The van der Waals surface area contributed by atoms with Gasteiger partial charge in [0.15, 0.2) is 0 Å². The number of nitrogens with zero attached hydrogens (tertiary/aromatic N) is 2. The monoisotopic (exact) mass is 371 g/mol. The van der Waals surface area contributed by atoms with Crippen molar-refractivity contribution in [3.8, 4) is 0 Å². The van der Waals surface area contributed by atoms with E-state index in [1.165, 1.54) is 25.5 Å². The smallest absolute Gasteiger partial charge is 0.276 e. The predicted molar refractivity (Wildman–Crippen MR) is 99.9 cm³/mol. The van der Waals surface area contributed by atoms with Gasteiger partial charge in [-0.1, -0.05) is 13.8 Å². The van der Waals surface area contributed by atoms with Crippen molar-refractivity contribution in [2.75, 3.05) is 6.54 Å². The van der Waals surface area contributed by atoms with Crippen LogP contribution in [0.4, 0.5) is 0 Å². The largest absolute Gasteiger partial charge is 0.336 e. The number of hydroxylamine groups is 1. The number of aromatic nitrogens is 1. The third kappa shape index (κ3) is 3.47. The predicted octanol–water partition coefficient (Wildman–Crippen LogP) is 2.94. The summed E-state index contributed by atoms with van der Waals surface area (Å²) in [4.78, 5) is 31.3.